The lowest BCUT2D eigenvalue weighted by Gasteiger charge is -2.53. The normalized spacial score (nSPS) is 19.9. The van der Waals surface area contributed by atoms with E-state index in [1.165, 1.54) is 45.4 Å². The van der Waals surface area contributed by atoms with Crippen molar-refractivity contribution in [2.45, 2.75) is 18.9 Å². The Morgan fingerprint density at radius 2 is 1.78 bits per heavy atom. The summed E-state index contributed by atoms with van der Waals surface area (Å²) in [5.74, 6) is -0.282. The van der Waals surface area contributed by atoms with E-state index in [1.54, 1.807) is 6.07 Å². The Hall–Kier alpha value is -3.67. The molecule has 0 bridgehead atoms. The third kappa shape index (κ3) is 3.73. The average molecular weight is 429 g/mol. The molecule has 0 saturated carbocycles. The van der Waals surface area contributed by atoms with Crippen molar-refractivity contribution in [1.29, 1.82) is 0 Å². The molecule has 1 N–H and O–H groups in total. The molecule has 32 heavy (non-hydrogen) atoms. The topological polar surface area (TPSA) is 52.7 Å². The standard InChI is InChI=1S/C26H24FN3O2/c1-17-5-2-3-8-22(17)18-9-11-19(12-10-18)23-14-30-24(23)15-29(16-25(30)31)26(32)28-21-7-4-6-20(27)13-21/h2-13,23-24H,14-16H2,1H3,(H,28,32)/t23-,24+/m1/s1. The summed E-state index contributed by atoms with van der Waals surface area (Å²) in [4.78, 5) is 28.6. The number of rotatable bonds is 3. The first-order valence-corrected chi connectivity index (χ1v) is 10.8. The van der Waals surface area contributed by atoms with Crippen molar-refractivity contribution in [3.05, 3.63) is 89.7 Å². The molecule has 3 amide bonds. The summed E-state index contributed by atoms with van der Waals surface area (Å²) in [6.07, 6.45) is 0. The Balaban J connectivity index is 1.29. The predicted molar refractivity (Wildman–Crippen MR) is 122 cm³/mol. The fourth-order valence-corrected chi connectivity index (χ4v) is 4.66. The first kappa shape index (κ1) is 20.2. The van der Waals surface area contributed by atoms with Gasteiger partial charge in [0.2, 0.25) is 5.91 Å². The minimum Gasteiger partial charge on any atom is -0.335 e. The number of halogens is 1. The van der Waals surface area contributed by atoms with Crippen molar-refractivity contribution in [2.24, 2.45) is 0 Å². The van der Waals surface area contributed by atoms with E-state index in [9.17, 15) is 14.0 Å². The van der Waals surface area contributed by atoms with Crippen LogP contribution < -0.4 is 5.32 Å². The van der Waals surface area contributed by atoms with Crippen LogP contribution in [0.15, 0.2) is 72.8 Å². The lowest BCUT2D eigenvalue weighted by Crippen LogP contribution is -2.68. The molecule has 2 heterocycles. The molecule has 2 aliphatic rings. The lowest BCUT2D eigenvalue weighted by atomic mass is 9.80. The maximum Gasteiger partial charge on any atom is 0.322 e. The van der Waals surface area contributed by atoms with Gasteiger partial charge in [0.1, 0.15) is 12.4 Å². The minimum atomic E-state index is -0.420. The number of amides is 3. The number of hydrogen-bond donors (Lipinski definition) is 1. The van der Waals surface area contributed by atoms with Crippen molar-refractivity contribution < 1.29 is 14.0 Å². The van der Waals surface area contributed by atoms with Crippen LogP contribution in [0.4, 0.5) is 14.9 Å². The van der Waals surface area contributed by atoms with E-state index in [0.717, 1.165) is 0 Å². The van der Waals surface area contributed by atoms with E-state index in [4.69, 9.17) is 0 Å². The van der Waals surface area contributed by atoms with E-state index in [1.807, 2.05) is 17.0 Å². The summed E-state index contributed by atoms with van der Waals surface area (Å²) in [6.45, 7) is 3.27. The number of nitrogens with zero attached hydrogens (tertiary/aromatic N) is 2. The molecule has 2 aliphatic heterocycles. The summed E-state index contributed by atoms with van der Waals surface area (Å²) >= 11 is 0. The van der Waals surface area contributed by atoms with E-state index < -0.39 is 5.82 Å². The van der Waals surface area contributed by atoms with E-state index in [0.29, 0.717) is 18.8 Å². The maximum atomic E-state index is 13.4. The van der Waals surface area contributed by atoms with Crippen molar-refractivity contribution in [1.82, 2.24) is 9.80 Å². The first-order chi connectivity index (χ1) is 15.5. The number of fused-ring (bicyclic) bond motifs is 1. The highest BCUT2D eigenvalue weighted by Crippen LogP contribution is 2.38. The van der Waals surface area contributed by atoms with Crippen LogP contribution in [0.1, 0.15) is 17.0 Å². The zero-order valence-corrected chi connectivity index (χ0v) is 17.8. The Morgan fingerprint density at radius 3 is 2.53 bits per heavy atom. The zero-order chi connectivity index (χ0) is 22.2. The SMILES string of the molecule is Cc1ccccc1-c1ccc([C@H]2CN3C(=O)CN(C(=O)Nc4cccc(F)c4)C[C@@H]23)cc1. The summed E-state index contributed by atoms with van der Waals surface area (Å²) in [5.41, 5.74) is 5.15. The van der Waals surface area contributed by atoms with Gasteiger partial charge in [0.25, 0.3) is 0 Å². The highest BCUT2D eigenvalue weighted by atomic mass is 19.1. The van der Waals surface area contributed by atoms with Gasteiger partial charge in [-0.3, -0.25) is 4.79 Å². The Morgan fingerprint density at radius 1 is 1.00 bits per heavy atom. The molecule has 5 nitrogen and oxygen atoms in total. The average Bonchev–Trinajstić information content (AvgIpc) is 2.76. The van der Waals surface area contributed by atoms with Crippen LogP contribution in [-0.2, 0) is 4.79 Å². The summed E-state index contributed by atoms with van der Waals surface area (Å²) in [5, 5.41) is 2.69. The van der Waals surface area contributed by atoms with Gasteiger partial charge in [-0.2, -0.15) is 0 Å². The molecule has 162 valence electrons. The quantitative estimate of drug-likeness (QED) is 0.659. The molecule has 0 aliphatic carbocycles. The molecule has 0 aromatic heterocycles. The van der Waals surface area contributed by atoms with Crippen LogP contribution in [0.2, 0.25) is 0 Å². The number of nitrogens with one attached hydrogen (secondary N) is 1. The monoisotopic (exact) mass is 429 g/mol. The molecule has 2 fully saturated rings. The Bertz CT molecular complexity index is 1180. The van der Waals surface area contributed by atoms with Gasteiger partial charge in [0.15, 0.2) is 0 Å². The molecular formula is C26H24FN3O2. The minimum absolute atomic E-state index is 0.0383. The van der Waals surface area contributed by atoms with E-state index >= 15 is 0 Å². The second-order valence-corrected chi connectivity index (χ2v) is 8.48. The van der Waals surface area contributed by atoms with Crippen LogP contribution in [0.25, 0.3) is 11.1 Å². The number of carbonyl (C=O) groups excluding carboxylic acids is 2. The lowest BCUT2D eigenvalue weighted by molar-refractivity contribution is -0.147. The van der Waals surface area contributed by atoms with Crippen LogP contribution in [-0.4, -0.2) is 47.4 Å². The van der Waals surface area contributed by atoms with Gasteiger partial charge in [-0.05, 0) is 47.4 Å². The fraction of sp³-hybridized carbons (Fsp3) is 0.231. The van der Waals surface area contributed by atoms with Crippen molar-refractivity contribution >= 4 is 17.6 Å². The predicted octanol–water partition coefficient (Wildman–Crippen LogP) is 4.64. The summed E-state index contributed by atoms with van der Waals surface area (Å²) in [6, 6.07) is 22.1. The Labute approximate surface area is 186 Å². The third-order valence-corrected chi connectivity index (χ3v) is 6.47. The number of hydrogen-bond acceptors (Lipinski definition) is 2. The van der Waals surface area contributed by atoms with E-state index in [-0.39, 0.29) is 30.4 Å². The number of piperazine rings is 1. The summed E-state index contributed by atoms with van der Waals surface area (Å²) < 4.78 is 13.4. The molecule has 5 rings (SSSR count). The van der Waals surface area contributed by atoms with Crippen LogP contribution in [0, 0.1) is 12.7 Å². The van der Waals surface area contributed by atoms with Crippen molar-refractivity contribution in [2.75, 3.05) is 25.0 Å². The van der Waals surface area contributed by atoms with Gasteiger partial charge in [-0.1, -0.05) is 54.6 Å². The number of urea groups is 1. The molecule has 0 radical (unpaired) electrons. The van der Waals surface area contributed by atoms with Crippen LogP contribution >= 0.6 is 0 Å². The highest BCUT2D eigenvalue weighted by molar-refractivity contribution is 5.93. The van der Waals surface area contributed by atoms with Gasteiger partial charge < -0.3 is 15.1 Å². The smallest absolute Gasteiger partial charge is 0.322 e. The first-order valence-electron chi connectivity index (χ1n) is 10.8. The molecular weight excluding hydrogens is 405 g/mol. The number of anilines is 1. The van der Waals surface area contributed by atoms with Crippen LogP contribution in [0.3, 0.4) is 0 Å². The van der Waals surface area contributed by atoms with Crippen molar-refractivity contribution in [3.8, 4) is 11.1 Å². The maximum absolute atomic E-state index is 13.4. The van der Waals surface area contributed by atoms with Gasteiger partial charge in [-0.15, -0.1) is 0 Å². The molecule has 3 aromatic rings. The molecule has 2 atom stereocenters. The van der Waals surface area contributed by atoms with Crippen molar-refractivity contribution in [3.63, 3.8) is 0 Å². The van der Waals surface area contributed by atoms with E-state index in [2.05, 4.69) is 48.6 Å². The number of carbonyl (C=O) groups is 2. The largest absolute Gasteiger partial charge is 0.335 e. The van der Waals surface area contributed by atoms with Gasteiger partial charge >= 0.3 is 6.03 Å². The molecule has 2 saturated heterocycles. The zero-order valence-electron chi connectivity index (χ0n) is 17.8. The Kier molecular flexibility index (Phi) is 5.13. The fourth-order valence-electron chi connectivity index (χ4n) is 4.66. The van der Waals surface area contributed by atoms with Gasteiger partial charge in [-0.25, -0.2) is 9.18 Å². The molecule has 0 unspecified atom stereocenters. The number of aryl methyl sites for hydroxylation is 1. The molecule has 3 aromatic carbocycles. The highest BCUT2D eigenvalue weighted by Gasteiger charge is 2.47. The third-order valence-electron chi connectivity index (χ3n) is 6.47. The van der Waals surface area contributed by atoms with Gasteiger partial charge in [0.05, 0.1) is 6.04 Å². The molecule has 6 heteroatoms. The number of benzene rings is 3. The molecule has 0 spiro atoms. The van der Waals surface area contributed by atoms with Crippen LogP contribution in [0.5, 0.6) is 0 Å². The second-order valence-electron chi connectivity index (χ2n) is 8.48. The summed E-state index contributed by atoms with van der Waals surface area (Å²) in [7, 11) is 0. The second kappa shape index (κ2) is 8.11. The van der Waals surface area contributed by atoms with Gasteiger partial charge in [0, 0.05) is 24.7 Å².